The Morgan fingerprint density at radius 3 is 2.67 bits per heavy atom. The van der Waals surface area contributed by atoms with Crippen molar-refractivity contribution in [2.75, 3.05) is 39.4 Å². The lowest BCUT2D eigenvalue weighted by molar-refractivity contribution is 0.0372. The van der Waals surface area contributed by atoms with Crippen LogP contribution in [-0.4, -0.2) is 56.4 Å². The molecule has 2 amide bonds. The molecule has 2 N–H and O–H groups in total. The summed E-state index contributed by atoms with van der Waals surface area (Å²) in [6, 6.07) is 0.246. The molecule has 0 aromatic rings. The van der Waals surface area contributed by atoms with Crippen LogP contribution in [0.25, 0.3) is 0 Å². The van der Waals surface area contributed by atoms with Gasteiger partial charge in [-0.05, 0) is 32.7 Å². The molecule has 0 aromatic carbocycles. The lowest BCUT2D eigenvalue weighted by Crippen LogP contribution is -2.41. The Labute approximate surface area is 129 Å². The molecular weight excluding hydrogens is 266 g/mol. The molecule has 5 nitrogen and oxygen atoms in total. The SMILES string of the molecule is CCCCCC(C)NC(=O)NCCCCN1CCOCC1. The topological polar surface area (TPSA) is 53.6 Å². The van der Waals surface area contributed by atoms with Crippen molar-refractivity contribution in [3.63, 3.8) is 0 Å². The molecular formula is C16H33N3O2. The number of carbonyl (C=O) groups is 1. The van der Waals surface area contributed by atoms with Crippen molar-refractivity contribution < 1.29 is 9.53 Å². The number of carbonyl (C=O) groups excluding carboxylic acids is 1. The second-order valence-electron chi connectivity index (χ2n) is 5.96. The van der Waals surface area contributed by atoms with Crippen LogP contribution < -0.4 is 10.6 Å². The van der Waals surface area contributed by atoms with E-state index in [1.54, 1.807) is 0 Å². The number of unbranched alkanes of at least 4 members (excludes halogenated alkanes) is 3. The van der Waals surface area contributed by atoms with E-state index in [1.165, 1.54) is 19.3 Å². The number of hydrogen-bond acceptors (Lipinski definition) is 3. The van der Waals surface area contributed by atoms with Crippen molar-refractivity contribution in [3.05, 3.63) is 0 Å². The Kier molecular flexibility index (Phi) is 10.3. The summed E-state index contributed by atoms with van der Waals surface area (Å²) in [5, 5.41) is 5.95. The van der Waals surface area contributed by atoms with Crippen molar-refractivity contribution in [2.45, 2.75) is 58.4 Å². The third-order valence-corrected chi connectivity index (χ3v) is 3.91. The summed E-state index contributed by atoms with van der Waals surface area (Å²) in [4.78, 5) is 14.1. The first-order valence-electron chi connectivity index (χ1n) is 8.57. The maximum Gasteiger partial charge on any atom is 0.314 e. The summed E-state index contributed by atoms with van der Waals surface area (Å²) in [5.74, 6) is 0. The maximum atomic E-state index is 11.7. The van der Waals surface area contributed by atoms with Crippen LogP contribution in [0.3, 0.4) is 0 Å². The normalized spacial score (nSPS) is 17.4. The lowest BCUT2D eigenvalue weighted by atomic mass is 10.1. The molecule has 1 saturated heterocycles. The molecule has 1 rings (SSSR count). The summed E-state index contributed by atoms with van der Waals surface area (Å²) in [7, 11) is 0. The monoisotopic (exact) mass is 299 g/mol. The third kappa shape index (κ3) is 9.69. The van der Waals surface area contributed by atoms with Crippen LogP contribution in [0.1, 0.15) is 52.4 Å². The molecule has 1 aliphatic heterocycles. The number of hydrogen-bond donors (Lipinski definition) is 2. The zero-order valence-corrected chi connectivity index (χ0v) is 13.8. The van der Waals surface area contributed by atoms with Gasteiger partial charge in [0.1, 0.15) is 0 Å². The van der Waals surface area contributed by atoms with Gasteiger partial charge in [0.05, 0.1) is 13.2 Å². The highest BCUT2D eigenvalue weighted by molar-refractivity contribution is 5.74. The molecule has 1 heterocycles. The quantitative estimate of drug-likeness (QED) is 0.609. The molecule has 0 spiro atoms. The van der Waals surface area contributed by atoms with Crippen LogP contribution in [0.2, 0.25) is 0 Å². The molecule has 1 unspecified atom stereocenters. The lowest BCUT2D eigenvalue weighted by Gasteiger charge is -2.26. The van der Waals surface area contributed by atoms with Gasteiger partial charge in [-0.3, -0.25) is 4.90 Å². The Morgan fingerprint density at radius 1 is 1.19 bits per heavy atom. The minimum absolute atomic E-state index is 0.0228. The number of morpholine rings is 1. The van der Waals surface area contributed by atoms with E-state index >= 15 is 0 Å². The number of nitrogens with one attached hydrogen (secondary N) is 2. The van der Waals surface area contributed by atoms with Gasteiger partial charge in [0.2, 0.25) is 0 Å². The van der Waals surface area contributed by atoms with E-state index in [2.05, 4.69) is 29.4 Å². The average Bonchev–Trinajstić information content (AvgIpc) is 2.48. The van der Waals surface area contributed by atoms with Crippen LogP contribution in [0.15, 0.2) is 0 Å². The highest BCUT2D eigenvalue weighted by atomic mass is 16.5. The molecule has 5 heteroatoms. The first-order chi connectivity index (χ1) is 10.2. The van der Waals surface area contributed by atoms with Crippen LogP contribution in [-0.2, 0) is 4.74 Å². The molecule has 0 saturated carbocycles. The highest BCUT2D eigenvalue weighted by Gasteiger charge is 2.09. The number of rotatable bonds is 10. The Hall–Kier alpha value is -0.810. The number of nitrogens with zero attached hydrogens (tertiary/aromatic N) is 1. The van der Waals surface area contributed by atoms with Crippen LogP contribution >= 0.6 is 0 Å². The molecule has 0 bridgehead atoms. The Balaban J connectivity index is 1.92. The molecule has 124 valence electrons. The van der Waals surface area contributed by atoms with Gasteiger partial charge in [0, 0.05) is 25.7 Å². The maximum absolute atomic E-state index is 11.7. The van der Waals surface area contributed by atoms with Crippen molar-refractivity contribution in [1.29, 1.82) is 0 Å². The standard InChI is InChI=1S/C16H33N3O2/c1-3-4-5-8-15(2)18-16(20)17-9-6-7-10-19-11-13-21-14-12-19/h15H,3-14H2,1-2H3,(H2,17,18,20). The fraction of sp³-hybridized carbons (Fsp3) is 0.938. The first-order valence-corrected chi connectivity index (χ1v) is 8.57. The average molecular weight is 299 g/mol. The van der Waals surface area contributed by atoms with Crippen LogP contribution in [0.4, 0.5) is 4.79 Å². The van der Waals surface area contributed by atoms with Gasteiger partial charge in [-0.1, -0.05) is 26.2 Å². The highest BCUT2D eigenvalue weighted by Crippen LogP contribution is 2.02. The van der Waals surface area contributed by atoms with Crippen LogP contribution in [0, 0.1) is 0 Å². The van der Waals surface area contributed by atoms with E-state index in [4.69, 9.17) is 4.74 Å². The van der Waals surface area contributed by atoms with Gasteiger partial charge >= 0.3 is 6.03 Å². The second-order valence-corrected chi connectivity index (χ2v) is 5.96. The van der Waals surface area contributed by atoms with Crippen molar-refractivity contribution in [1.82, 2.24) is 15.5 Å². The van der Waals surface area contributed by atoms with Crippen LogP contribution in [0.5, 0.6) is 0 Å². The second kappa shape index (κ2) is 11.8. The van der Waals surface area contributed by atoms with Gasteiger partial charge in [-0.25, -0.2) is 4.79 Å². The third-order valence-electron chi connectivity index (χ3n) is 3.91. The van der Waals surface area contributed by atoms with Crippen molar-refractivity contribution >= 4 is 6.03 Å². The smallest absolute Gasteiger partial charge is 0.314 e. The minimum atomic E-state index is -0.0228. The predicted octanol–water partition coefficient (Wildman–Crippen LogP) is 2.37. The number of ether oxygens (including phenoxy) is 1. The molecule has 0 radical (unpaired) electrons. The largest absolute Gasteiger partial charge is 0.379 e. The summed E-state index contributed by atoms with van der Waals surface area (Å²) in [6.45, 7) is 9.95. The van der Waals surface area contributed by atoms with Gasteiger partial charge in [0.15, 0.2) is 0 Å². The zero-order chi connectivity index (χ0) is 15.3. The molecule has 0 aliphatic carbocycles. The van der Waals surface area contributed by atoms with E-state index in [9.17, 15) is 4.79 Å². The minimum Gasteiger partial charge on any atom is -0.379 e. The van der Waals surface area contributed by atoms with Gasteiger partial charge in [-0.2, -0.15) is 0 Å². The molecule has 1 atom stereocenters. The Morgan fingerprint density at radius 2 is 1.95 bits per heavy atom. The molecule has 21 heavy (non-hydrogen) atoms. The van der Waals surface area contributed by atoms with Gasteiger partial charge in [0.25, 0.3) is 0 Å². The first kappa shape index (κ1) is 18.2. The van der Waals surface area contributed by atoms with Crippen molar-refractivity contribution in [3.8, 4) is 0 Å². The summed E-state index contributed by atoms with van der Waals surface area (Å²) in [5.41, 5.74) is 0. The van der Waals surface area contributed by atoms with E-state index in [-0.39, 0.29) is 12.1 Å². The van der Waals surface area contributed by atoms with Crippen molar-refractivity contribution in [2.24, 2.45) is 0 Å². The Bertz CT molecular complexity index is 268. The van der Waals surface area contributed by atoms with E-state index < -0.39 is 0 Å². The van der Waals surface area contributed by atoms with E-state index in [1.807, 2.05) is 0 Å². The number of amides is 2. The van der Waals surface area contributed by atoms with E-state index in [0.717, 1.165) is 58.7 Å². The summed E-state index contributed by atoms with van der Waals surface area (Å²) >= 11 is 0. The van der Waals surface area contributed by atoms with E-state index in [0.29, 0.717) is 0 Å². The fourth-order valence-corrected chi connectivity index (χ4v) is 2.53. The molecule has 1 fully saturated rings. The molecule has 0 aromatic heterocycles. The fourth-order valence-electron chi connectivity index (χ4n) is 2.53. The number of urea groups is 1. The summed E-state index contributed by atoms with van der Waals surface area (Å²) in [6.07, 6.45) is 6.90. The molecule has 1 aliphatic rings. The van der Waals surface area contributed by atoms with Gasteiger partial charge < -0.3 is 15.4 Å². The van der Waals surface area contributed by atoms with Gasteiger partial charge in [-0.15, -0.1) is 0 Å². The zero-order valence-electron chi connectivity index (χ0n) is 13.8. The predicted molar refractivity (Wildman–Crippen MR) is 86.6 cm³/mol. The summed E-state index contributed by atoms with van der Waals surface area (Å²) < 4.78 is 5.32.